The van der Waals surface area contributed by atoms with Crippen LogP contribution in [0.3, 0.4) is 0 Å². The van der Waals surface area contributed by atoms with Crippen LogP contribution in [0, 0.1) is 0 Å². The molecule has 0 aliphatic rings. The van der Waals surface area contributed by atoms with Gasteiger partial charge in [0.05, 0.1) is 32.6 Å². The second-order valence-electron chi connectivity index (χ2n) is 4.60. The molecule has 7 nitrogen and oxygen atoms in total. The van der Waals surface area contributed by atoms with Crippen molar-refractivity contribution in [2.45, 2.75) is 6.92 Å². The van der Waals surface area contributed by atoms with Crippen molar-refractivity contribution < 1.29 is 19.0 Å². The van der Waals surface area contributed by atoms with Gasteiger partial charge in [-0.2, -0.15) is 10.2 Å². The number of aromatic nitrogens is 2. The van der Waals surface area contributed by atoms with Crippen LogP contribution in [0.25, 0.3) is 6.08 Å². The van der Waals surface area contributed by atoms with E-state index in [0.29, 0.717) is 29.4 Å². The van der Waals surface area contributed by atoms with Crippen LogP contribution in [0.4, 0.5) is 5.69 Å². The number of carbonyl (C=O) groups is 1. The lowest BCUT2D eigenvalue weighted by atomic mass is 10.2. The van der Waals surface area contributed by atoms with E-state index in [-0.39, 0.29) is 0 Å². The number of benzene rings is 1. The third kappa shape index (κ3) is 4.22. The van der Waals surface area contributed by atoms with Gasteiger partial charge in [-0.25, -0.2) is 4.79 Å². The number of nitrogens with zero attached hydrogens (tertiary/aromatic N) is 2. The van der Waals surface area contributed by atoms with E-state index in [1.807, 2.05) is 6.07 Å². The number of anilines is 1. The van der Waals surface area contributed by atoms with Crippen LogP contribution in [0.15, 0.2) is 36.7 Å². The van der Waals surface area contributed by atoms with Gasteiger partial charge in [-0.15, -0.1) is 0 Å². The Hall–Kier alpha value is -3.09. The van der Waals surface area contributed by atoms with Gasteiger partial charge in [0.1, 0.15) is 5.69 Å². The first kappa shape index (κ1) is 17.3. The fraction of sp³-hybridized carbons (Fsp3) is 0.235. The van der Waals surface area contributed by atoms with Crippen LogP contribution in [0.2, 0.25) is 0 Å². The number of methoxy groups -OCH3 is 2. The van der Waals surface area contributed by atoms with Gasteiger partial charge in [-0.3, -0.25) is 0 Å². The molecular weight excluding hydrogens is 310 g/mol. The smallest absolute Gasteiger partial charge is 0.340 e. The van der Waals surface area contributed by atoms with Crippen molar-refractivity contribution in [1.82, 2.24) is 10.2 Å². The standard InChI is InChI=1S/C17H19N3O4/c1-4-24-17(21)13-7-10-19-20-14(13)8-9-18-12-5-6-15(22-2)16(11-12)23-3/h5-11,18H,4H2,1-3H3/b9-8+. The van der Waals surface area contributed by atoms with Gasteiger partial charge in [-0.1, -0.05) is 0 Å². The summed E-state index contributed by atoms with van der Waals surface area (Å²) in [5.41, 5.74) is 1.58. The Kier molecular flexibility index (Phi) is 6.13. The van der Waals surface area contributed by atoms with Crippen LogP contribution < -0.4 is 14.8 Å². The number of ether oxygens (including phenoxy) is 3. The molecule has 1 aromatic heterocycles. The molecule has 24 heavy (non-hydrogen) atoms. The Bertz CT molecular complexity index is 732. The number of hydrogen-bond donors (Lipinski definition) is 1. The second-order valence-corrected chi connectivity index (χ2v) is 4.60. The molecule has 0 saturated heterocycles. The fourth-order valence-corrected chi connectivity index (χ4v) is 1.99. The summed E-state index contributed by atoms with van der Waals surface area (Å²) in [6.45, 7) is 2.05. The SMILES string of the molecule is CCOC(=O)c1ccnnc1/C=C/Nc1ccc(OC)c(OC)c1. The third-order valence-electron chi connectivity index (χ3n) is 3.12. The fourth-order valence-electron chi connectivity index (χ4n) is 1.99. The number of rotatable bonds is 7. The lowest BCUT2D eigenvalue weighted by molar-refractivity contribution is 0.0525. The van der Waals surface area contributed by atoms with E-state index in [2.05, 4.69) is 15.5 Å². The molecule has 1 heterocycles. The predicted octanol–water partition coefficient (Wildman–Crippen LogP) is 2.75. The normalized spacial score (nSPS) is 10.5. The molecule has 1 N–H and O–H groups in total. The lowest BCUT2D eigenvalue weighted by Crippen LogP contribution is -2.08. The van der Waals surface area contributed by atoms with E-state index in [1.165, 1.54) is 6.20 Å². The highest BCUT2D eigenvalue weighted by molar-refractivity contribution is 5.92. The highest BCUT2D eigenvalue weighted by atomic mass is 16.5. The topological polar surface area (TPSA) is 82.6 Å². The molecule has 0 unspecified atom stereocenters. The zero-order valence-corrected chi connectivity index (χ0v) is 13.8. The molecule has 0 radical (unpaired) electrons. The van der Waals surface area contributed by atoms with Crippen molar-refractivity contribution >= 4 is 17.7 Å². The van der Waals surface area contributed by atoms with Crippen molar-refractivity contribution in [3.8, 4) is 11.5 Å². The zero-order chi connectivity index (χ0) is 17.4. The summed E-state index contributed by atoms with van der Waals surface area (Å²) < 4.78 is 15.4. The maximum absolute atomic E-state index is 11.9. The van der Waals surface area contributed by atoms with Gasteiger partial charge in [0.15, 0.2) is 11.5 Å². The molecule has 0 bridgehead atoms. The summed E-state index contributed by atoms with van der Waals surface area (Å²) in [7, 11) is 3.15. The number of nitrogens with one attached hydrogen (secondary N) is 1. The molecule has 2 aromatic rings. The van der Waals surface area contributed by atoms with E-state index in [4.69, 9.17) is 14.2 Å². The largest absolute Gasteiger partial charge is 0.493 e. The van der Waals surface area contributed by atoms with Crippen LogP contribution in [0.1, 0.15) is 23.0 Å². The molecule has 0 saturated carbocycles. The Morgan fingerprint density at radius 1 is 1.21 bits per heavy atom. The second kappa shape index (κ2) is 8.52. The summed E-state index contributed by atoms with van der Waals surface area (Å²) in [5, 5.41) is 10.8. The minimum Gasteiger partial charge on any atom is -0.493 e. The van der Waals surface area contributed by atoms with Crippen LogP contribution in [0.5, 0.6) is 11.5 Å². The van der Waals surface area contributed by atoms with Crippen molar-refractivity contribution in [3.63, 3.8) is 0 Å². The maximum atomic E-state index is 11.9. The van der Waals surface area contributed by atoms with Gasteiger partial charge >= 0.3 is 5.97 Å². The molecule has 2 rings (SSSR count). The molecule has 0 spiro atoms. The maximum Gasteiger partial charge on any atom is 0.340 e. The van der Waals surface area contributed by atoms with Gasteiger partial charge in [-0.05, 0) is 31.2 Å². The summed E-state index contributed by atoms with van der Waals surface area (Å²) in [6.07, 6.45) is 4.76. The molecule has 1 aromatic carbocycles. The molecule has 7 heteroatoms. The van der Waals surface area contributed by atoms with E-state index >= 15 is 0 Å². The molecule has 0 aliphatic carbocycles. The number of esters is 1. The van der Waals surface area contributed by atoms with Gasteiger partial charge in [0, 0.05) is 18.0 Å². The minimum atomic E-state index is -0.432. The highest BCUT2D eigenvalue weighted by Gasteiger charge is 2.11. The Morgan fingerprint density at radius 2 is 2.00 bits per heavy atom. The van der Waals surface area contributed by atoms with E-state index in [9.17, 15) is 4.79 Å². The first-order chi connectivity index (χ1) is 11.7. The highest BCUT2D eigenvalue weighted by Crippen LogP contribution is 2.29. The Balaban J connectivity index is 2.14. The zero-order valence-electron chi connectivity index (χ0n) is 13.8. The van der Waals surface area contributed by atoms with Crippen molar-refractivity contribution in [2.24, 2.45) is 0 Å². The van der Waals surface area contributed by atoms with E-state index in [0.717, 1.165) is 5.69 Å². The Labute approximate surface area is 140 Å². The molecule has 0 aliphatic heterocycles. The van der Waals surface area contributed by atoms with Gasteiger partial charge in [0.25, 0.3) is 0 Å². The van der Waals surface area contributed by atoms with Crippen LogP contribution >= 0.6 is 0 Å². The van der Waals surface area contributed by atoms with Crippen molar-refractivity contribution in [3.05, 3.63) is 47.9 Å². The summed E-state index contributed by atoms with van der Waals surface area (Å²) in [5.74, 6) is 0.825. The first-order valence-electron chi connectivity index (χ1n) is 7.33. The Morgan fingerprint density at radius 3 is 2.71 bits per heavy atom. The first-order valence-corrected chi connectivity index (χ1v) is 7.33. The van der Waals surface area contributed by atoms with Crippen molar-refractivity contribution in [2.75, 3.05) is 26.1 Å². The molecule has 0 atom stereocenters. The van der Waals surface area contributed by atoms with Gasteiger partial charge in [0.2, 0.25) is 0 Å². The third-order valence-corrected chi connectivity index (χ3v) is 3.12. The van der Waals surface area contributed by atoms with Gasteiger partial charge < -0.3 is 19.5 Å². The quantitative estimate of drug-likeness (QED) is 0.782. The summed E-state index contributed by atoms with van der Waals surface area (Å²) in [6, 6.07) is 7.00. The van der Waals surface area contributed by atoms with Crippen LogP contribution in [-0.4, -0.2) is 37.0 Å². The predicted molar refractivity (Wildman–Crippen MR) is 90.2 cm³/mol. The van der Waals surface area contributed by atoms with Crippen LogP contribution in [-0.2, 0) is 4.74 Å². The monoisotopic (exact) mass is 329 g/mol. The molecule has 126 valence electrons. The number of carbonyl (C=O) groups excluding carboxylic acids is 1. The average molecular weight is 329 g/mol. The van der Waals surface area contributed by atoms with E-state index < -0.39 is 5.97 Å². The lowest BCUT2D eigenvalue weighted by Gasteiger charge is -2.09. The molecule has 0 fully saturated rings. The van der Waals surface area contributed by atoms with Crippen molar-refractivity contribution in [1.29, 1.82) is 0 Å². The van der Waals surface area contributed by atoms with E-state index in [1.54, 1.807) is 51.6 Å². The number of hydrogen-bond acceptors (Lipinski definition) is 7. The minimum absolute atomic E-state index is 0.300. The summed E-state index contributed by atoms with van der Waals surface area (Å²) >= 11 is 0. The average Bonchev–Trinajstić information content (AvgIpc) is 2.62. The summed E-state index contributed by atoms with van der Waals surface area (Å²) in [4.78, 5) is 11.9. The molecule has 0 amide bonds. The molecular formula is C17H19N3O4.